The van der Waals surface area contributed by atoms with Crippen molar-refractivity contribution >= 4 is 5.97 Å². The van der Waals surface area contributed by atoms with E-state index in [4.69, 9.17) is 4.42 Å². The highest BCUT2D eigenvalue weighted by molar-refractivity contribution is 5.94. The number of carbonyl (C=O) groups is 1. The molecule has 5 nitrogen and oxygen atoms in total. The van der Waals surface area contributed by atoms with Crippen LogP contribution in [0.15, 0.2) is 53.5 Å². The first-order valence-corrected chi connectivity index (χ1v) is 6.08. The predicted molar refractivity (Wildman–Crippen MR) is 73.0 cm³/mol. The third-order valence-corrected chi connectivity index (χ3v) is 3.04. The van der Waals surface area contributed by atoms with Crippen molar-refractivity contribution in [3.8, 4) is 16.9 Å². The fraction of sp³-hybridized carbons (Fsp3) is 0.0667. The van der Waals surface area contributed by atoms with Crippen LogP contribution in [0.1, 0.15) is 15.9 Å². The molecule has 0 aliphatic heterocycles. The summed E-state index contributed by atoms with van der Waals surface area (Å²) in [6, 6.07) is 9.39. The molecule has 0 radical (unpaired) electrons. The molecule has 0 atom stereocenters. The quantitative estimate of drug-likeness (QED) is 0.792. The van der Waals surface area contributed by atoms with Crippen LogP contribution in [0.4, 0.5) is 0 Å². The van der Waals surface area contributed by atoms with E-state index in [9.17, 15) is 9.90 Å². The lowest BCUT2D eigenvalue weighted by Crippen LogP contribution is -1.96. The number of rotatable bonds is 3. The molecule has 1 N–H and O–H groups in total. The molecule has 0 aliphatic carbocycles. The van der Waals surface area contributed by atoms with Crippen LogP contribution in [0.2, 0.25) is 0 Å². The second-order valence-corrected chi connectivity index (χ2v) is 4.49. The van der Waals surface area contributed by atoms with Gasteiger partial charge in [0, 0.05) is 11.8 Å². The number of benzene rings is 1. The summed E-state index contributed by atoms with van der Waals surface area (Å²) in [7, 11) is 0. The summed E-state index contributed by atoms with van der Waals surface area (Å²) in [6.07, 6.45) is 4.48. The van der Waals surface area contributed by atoms with E-state index in [1.807, 2.05) is 31.2 Å². The minimum atomic E-state index is -1.01. The van der Waals surface area contributed by atoms with Gasteiger partial charge in [-0.2, -0.15) is 5.10 Å². The van der Waals surface area contributed by atoms with Crippen LogP contribution in [-0.4, -0.2) is 20.9 Å². The van der Waals surface area contributed by atoms with Crippen molar-refractivity contribution in [2.24, 2.45) is 0 Å². The maximum Gasteiger partial charge on any atom is 0.339 e. The molecule has 2 aromatic heterocycles. The van der Waals surface area contributed by atoms with Gasteiger partial charge < -0.3 is 9.52 Å². The Labute approximate surface area is 115 Å². The van der Waals surface area contributed by atoms with Crippen molar-refractivity contribution in [3.05, 3.63) is 60.2 Å². The molecule has 3 rings (SSSR count). The Balaban J connectivity index is 2.12. The highest BCUT2D eigenvalue weighted by Crippen LogP contribution is 2.24. The van der Waals surface area contributed by atoms with Crippen LogP contribution >= 0.6 is 0 Å². The zero-order valence-electron chi connectivity index (χ0n) is 10.8. The second kappa shape index (κ2) is 4.70. The van der Waals surface area contributed by atoms with Crippen molar-refractivity contribution in [1.29, 1.82) is 0 Å². The Bertz CT molecular complexity index is 740. The summed E-state index contributed by atoms with van der Waals surface area (Å²) in [4.78, 5) is 11.3. The van der Waals surface area contributed by atoms with E-state index in [1.165, 1.54) is 18.7 Å². The van der Waals surface area contributed by atoms with Gasteiger partial charge in [-0.1, -0.05) is 17.7 Å². The van der Waals surface area contributed by atoms with Crippen LogP contribution in [0.25, 0.3) is 16.9 Å². The topological polar surface area (TPSA) is 68.3 Å². The zero-order valence-corrected chi connectivity index (χ0v) is 10.8. The van der Waals surface area contributed by atoms with Gasteiger partial charge in [0.15, 0.2) is 0 Å². The van der Waals surface area contributed by atoms with Crippen molar-refractivity contribution in [2.45, 2.75) is 6.92 Å². The highest BCUT2D eigenvalue weighted by atomic mass is 16.4. The second-order valence-electron chi connectivity index (χ2n) is 4.49. The van der Waals surface area contributed by atoms with Gasteiger partial charge in [-0.25, -0.2) is 9.48 Å². The van der Waals surface area contributed by atoms with Gasteiger partial charge >= 0.3 is 5.97 Å². The molecule has 0 spiro atoms. The van der Waals surface area contributed by atoms with Gasteiger partial charge in [0.2, 0.25) is 0 Å². The zero-order chi connectivity index (χ0) is 14.1. The van der Waals surface area contributed by atoms with Crippen molar-refractivity contribution < 1.29 is 14.3 Å². The van der Waals surface area contributed by atoms with Gasteiger partial charge in [0.05, 0.1) is 18.2 Å². The molecule has 0 amide bonds. The van der Waals surface area contributed by atoms with E-state index in [1.54, 1.807) is 10.7 Å². The third kappa shape index (κ3) is 2.09. The lowest BCUT2D eigenvalue weighted by Gasteiger charge is -2.00. The number of nitrogens with zero attached hydrogens (tertiary/aromatic N) is 2. The molecular formula is C15H12N2O3. The normalized spacial score (nSPS) is 10.7. The molecule has 1 aromatic carbocycles. The number of aryl methyl sites for hydroxylation is 1. The third-order valence-electron chi connectivity index (χ3n) is 3.04. The largest absolute Gasteiger partial charge is 0.478 e. The molecule has 0 unspecified atom stereocenters. The summed E-state index contributed by atoms with van der Waals surface area (Å²) in [5.74, 6) is -1.01. The Kier molecular flexibility index (Phi) is 2.87. The van der Waals surface area contributed by atoms with Crippen LogP contribution in [0.3, 0.4) is 0 Å². The SMILES string of the molecule is Cc1ccc(-n2cc(C(=O)O)c(-c3ccoc3)n2)cc1. The average molecular weight is 268 g/mol. The lowest BCUT2D eigenvalue weighted by atomic mass is 10.1. The Hall–Kier alpha value is -2.82. The Morgan fingerprint density at radius 1 is 1.25 bits per heavy atom. The van der Waals surface area contributed by atoms with Gasteiger partial charge in [0.25, 0.3) is 0 Å². The Morgan fingerprint density at radius 3 is 2.60 bits per heavy atom. The highest BCUT2D eigenvalue weighted by Gasteiger charge is 2.18. The molecule has 0 fully saturated rings. The number of aromatic nitrogens is 2. The maximum atomic E-state index is 11.3. The minimum absolute atomic E-state index is 0.145. The number of carboxylic acid groups (broad SMARTS) is 1. The fourth-order valence-electron chi connectivity index (χ4n) is 1.97. The van der Waals surface area contributed by atoms with Gasteiger partial charge in [-0.05, 0) is 25.1 Å². The Morgan fingerprint density at radius 2 is 2.00 bits per heavy atom. The summed E-state index contributed by atoms with van der Waals surface area (Å²) in [5.41, 5.74) is 3.13. The molecule has 3 aromatic rings. The monoisotopic (exact) mass is 268 g/mol. The van der Waals surface area contributed by atoms with Crippen molar-refractivity contribution in [3.63, 3.8) is 0 Å². The maximum absolute atomic E-state index is 11.3. The van der Waals surface area contributed by atoms with E-state index in [0.717, 1.165) is 11.3 Å². The molecular weight excluding hydrogens is 256 g/mol. The molecule has 0 bridgehead atoms. The molecule has 2 heterocycles. The van der Waals surface area contributed by atoms with Crippen molar-refractivity contribution in [2.75, 3.05) is 0 Å². The van der Waals surface area contributed by atoms with Crippen LogP contribution in [0.5, 0.6) is 0 Å². The number of carboxylic acids is 1. The number of hydrogen-bond acceptors (Lipinski definition) is 3. The van der Waals surface area contributed by atoms with Gasteiger partial charge in [-0.3, -0.25) is 0 Å². The first-order valence-electron chi connectivity index (χ1n) is 6.08. The van der Waals surface area contributed by atoms with Gasteiger partial charge in [0.1, 0.15) is 11.3 Å². The van der Waals surface area contributed by atoms with Crippen LogP contribution < -0.4 is 0 Å². The van der Waals surface area contributed by atoms with E-state index < -0.39 is 5.97 Å². The minimum Gasteiger partial charge on any atom is -0.478 e. The van der Waals surface area contributed by atoms with E-state index >= 15 is 0 Å². The van der Waals surface area contributed by atoms with E-state index in [2.05, 4.69) is 5.10 Å². The predicted octanol–water partition coefficient (Wildman–Crippen LogP) is 3.14. The summed E-state index contributed by atoms with van der Waals surface area (Å²) < 4.78 is 6.55. The number of hydrogen-bond donors (Lipinski definition) is 1. The van der Waals surface area contributed by atoms with E-state index in [0.29, 0.717) is 11.3 Å². The molecule has 20 heavy (non-hydrogen) atoms. The summed E-state index contributed by atoms with van der Waals surface area (Å²) in [5, 5.41) is 13.6. The summed E-state index contributed by atoms with van der Waals surface area (Å²) >= 11 is 0. The molecule has 5 heteroatoms. The molecule has 100 valence electrons. The average Bonchev–Trinajstić information content (AvgIpc) is 3.08. The lowest BCUT2D eigenvalue weighted by molar-refractivity contribution is 0.0697. The number of furan rings is 1. The van der Waals surface area contributed by atoms with Gasteiger partial charge in [-0.15, -0.1) is 0 Å². The molecule has 0 aliphatic rings. The smallest absolute Gasteiger partial charge is 0.339 e. The van der Waals surface area contributed by atoms with E-state index in [-0.39, 0.29) is 5.56 Å². The number of aromatic carboxylic acids is 1. The van der Waals surface area contributed by atoms with Crippen molar-refractivity contribution in [1.82, 2.24) is 9.78 Å². The van der Waals surface area contributed by atoms with Crippen LogP contribution in [-0.2, 0) is 0 Å². The summed E-state index contributed by atoms with van der Waals surface area (Å²) in [6.45, 7) is 1.99. The molecule has 0 saturated heterocycles. The molecule has 0 saturated carbocycles. The fourth-order valence-corrected chi connectivity index (χ4v) is 1.97. The standard InChI is InChI=1S/C15H12N2O3/c1-10-2-4-12(5-3-10)17-8-13(15(18)19)14(16-17)11-6-7-20-9-11/h2-9H,1H3,(H,18,19). The first-order chi connectivity index (χ1) is 9.65. The van der Waals surface area contributed by atoms with Crippen LogP contribution in [0, 0.1) is 6.92 Å². The first kappa shape index (κ1) is 12.2.